The SMILES string of the molecule is N#Cc1ccc(/C=N\NC(=S)NCc2ccc3c(c2)OCO3)cc1. The third kappa shape index (κ3) is 4.00. The van der Waals surface area contributed by atoms with Crippen LogP contribution in [0.2, 0.25) is 0 Å². The molecule has 0 atom stereocenters. The van der Waals surface area contributed by atoms with E-state index in [4.69, 9.17) is 27.0 Å². The van der Waals surface area contributed by atoms with Crippen molar-refractivity contribution in [3.05, 3.63) is 59.2 Å². The summed E-state index contributed by atoms with van der Waals surface area (Å²) >= 11 is 5.17. The fourth-order valence-corrected chi connectivity index (χ4v) is 2.21. The molecule has 0 radical (unpaired) electrons. The molecule has 24 heavy (non-hydrogen) atoms. The number of nitrogens with zero attached hydrogens (tertiary/aromatic N) is 2. The predicted octanol–water partition coefficient (Wildman–Crippen LogP) is 2.29. The van der Waals surface area contributed by atoms with Crippen molar-refractivity contribution >= 4 is 23.5 Å². The zero-order valence-corrected chi connectivity index (χ0v) is 13.5. The number of fused-ring (bicyclic) bond motifs is 1. The van der Waals surface area contributed by atoms with Gasteiger partial charge < -0.3 is 14.8 Å². The lowest BCUT2D eigenvalue weighted by molar-refractivity contribution is 0.174. The molecule has 2 aromatic rings. The molecule has 1 aliphatic heterocycles. The van der Waals surface area contributed by atoms with Crippen LogP contribution in [0.4, 0.5) is 0 Å². The summed E-state index contributed by atoms with van der Waals surface area (Å²) < 4.78 is 10.6. The molecule has 6 nitrogen and oxygen atoms in total. The third-order valence-electron chi connectivity index (χ3n) is 3.31. The normalized spacial score (nSPS) is 12.0. The van der Waals surface area contributed by atoms with Crippen LogP contribution in [0.5, 0.6) is 11.5 Å². The average molecular weight is 338 g/mol. The van der Waals surface area contributed by atoms with Gasteiger partial charge in [0.2, 0.25) is 6.79 Å². The highest BCUT2D eigenvalue weighted by molar-refractivity contribution is 7.80. The van der Waals surface area contributed by atoms with Gasteiger partial charge in [-0.05, 0) is 47.6 Å². The van der Waals surface area contributed by atoms with E-state index in [1.807, 2.05) is 30.3 Å². The van der Waals surface area contributed by atoms with Crippen molar-refractivity contribution in [1.82, 2.24) is 10.7 Å². The molecule has 120 valence electrons. The number of hydrazone groups is 1. The van der Waals surface area contributed by atoms with E-state index in [-0.39, 0.29) is 6.79 Å². The smallest absolute Gasteiger partial charge is 0.231 e. The Morgan fingerprint density at radius 2 is 2.00 bits per heavy atom. The molecule has 7 heteroatoms. The van der Waals surface area contributed by atoms with Crippen LogP contribution in [0.25, 0.3) is 0 Å². The van der Waals surface area contributed by atoms with Gasteiger partial charge in [-0.25, -0.2) is 0 Å². The lowest BCUT2D eigenvalue weighted by Crippen LogP contribution is -2.31. The Bertz CT molecular complexity index is 812. The van der Waals surface area contributed by atoms with Crippen molar-refractivity contribution in [1.29, 1.82) is 5.26 Å². The van der Waals surface area contributed by atoms with Gasteiger partial charge in [-0.15, -0.1) is 0 Å². The molecule has 0 spiro atoms. The molecule has 0 amide bonds. The predicted molar refractivity (Wildman–Crippen MR) is 93.9 cm³/mol. The molecule has 0 aromatic heterocycles. The second-order valence-electron chi connectivity index (χ2n) is 4.97. The summed E-state index contributed by atoms with van der Waals surface area (Å²) in [6.07, 6.45) is 1.63. The first kappa shape index (κ1) is 15.8. The lowest BCUT2D eigenvalue weighted by Gasteiger charge is -2.07. The first-order valence-electron chi connectivity index (χ1n) is 7.20. The van der Waals surface area contributed by atoms with Crippen LogP contribution >= 0.6 is 12.2 Å². The fraction of sp³-hybridized carbons (Fsp3) is 0.118. The van der Waals surface area contributed by atoms with Crippen molar-refractivity contribution < 1.29 is 9.47 Å². The zero-order valence-electron chi connectivity index (χ0n) is 12.7. The van der Waals surface area contributed by atoms with Crippen molar-refractivity contribution in [3.8, 4) is 17.6 Å². The molecule has 0 saturated carbocycles. The molecule has 2 N–H and O–H groups in total. The van der Waals surface area contributed by atoms with Crippen LogP contribution in [-0.2, 0) is 6.54 Å². The van der Waals surface area contributed by atoms with Gasteiger partial charge in [0.25, 0.3) is 0 Å². The molecule has 1 aliphatic rings. The first-order chi connectivity index (χ1) is 11.7. The van der Waals surface area contributed by atoms with Crippen molar-refractivity contribution in [2.75, 3.05) is 6.79 Å². The van der Waals surface area contributed by atoms with Crippen LogP contribution in [0.15, 0.2) is 47.6 Å². The molecule has 0 fully saturated rings. The Balaban J connectivity index is 1.47. The van der Waals surface area contributed by atoms with Crippen molar-refractivity contribution in [2.45, 2.75) is 6.54 Å². The Kier molecular flexibility index (Phi) is 4.89. The molecule has 0 aliphatic carbocycles. The standard InChI is InChI=1S/C17H14N4O2S/c18-8-12-1-3-13(4-2-12)10-20-21-17(24)19-9-14-5-6-15-16(7-14)23-11-22-15/h1-7,10H,9,11H2,(H2,19,21,24)/b20-10-. The van der Waals surface area contributed by atoms with Gasteiger partial charge >= 0.3 is 0 Å². The summed E-state index contributed by atoms with van der Waals surface area (Å²) in [5, 5.41) is 16.3. The molecule has 1 heterocycles. The van der Waals surface area contributed by atoms with E-state index in [0.717, 1.165) is 22.6 Å². The van der Waals surface area contributed by atoms with Gasteiger partial charge in [0, 0.05) is 6.54 Å². The van der Waals surface area contributed by atoms with Crippen LogP contribution in [0.1, 0.15) is 16.7 Å². The number of hydrogen-bond acceptors (Lipinski definition) is 5. The summed E-state index contributed by atoms with van der Waals surface area (Å²) in [7, 11) is 0. The molecular weight excluding hydrogens is 324 g/mol. The molecule has 0 bridgehead atoms. The summed E-state index contributed by atoms with van der Waals surface area (Å²) in [4.78, 5) is 0. The second-order valence-corrected chi connectivity index (χ2v) is 5.38. The average Bonchev–Trinajstić information content (AvgIpc) is 3.08. The minimum Gasteiger partial charge on any atom is -0.454 e. The van der Waals surface area contributed by atoms with E-state index in [9.17, 15) is 0 Å². The molecule has 0 unspecified atom stereocenters. The van der Waals surface area contributed by atoms with E-state index in [1.54, 1.807) is 18.3 Å². The summed E-state index contributed by atoms with van der Waals surface area (Å²) in [5.74, 6) is 1.50. The van der Waals surface area contributed by atoms with Gasteiger partial charge in [-0.1, -0.05) is 18.2 Å². The number of ether oxygens (including phenoxy) is 2. The Labute approximate surface area is 144 Å². The highest BCUT2D eigenvalue weighted by atomic mass is 32.1. The second kappa shape index (κ2) is 7.44. The molecule has 0 saturated heterocycles. The van der Waals surface area contributed by atoms with E-state index in [2.05, 4.69) is 21.9 Å². The maximum Gasteiger partial charge on any atom is 0.231 e. The highest BCUT2D eigenvalue weighted by Gasteiger charge is 2.12. The fourth-order valence-electron chi connectivity index (χ4n) is 2.08. The third-order valence-corrected chi connectivity index (χ3v) is 3.55. The van der Waals surface area contributed by atoms with E-state index in [0.29, 0.717) is 17.2 Å². The van der Waals surface area contributed by atoms with Gasteiger partial charge in [-0.3, -0.25) is 5.43 Å². The number of hydrogen-bond donors (Lipinski definition) is 2. The molecular formula is C17H14N4O2S. The summed E-state index contributed by atoms with van der Waals surface area (Å²) in [5.41, 5.74) is 5.27. The van der Waals surface area contributed by atoms with Crippen LogP contribution in [0, 0.1) is 11.3 Å². The Morgan fingerprint density at radius 1 is 1.21 bits per heavy atom. The Morgan fingerprint density at radius 3 is 2.79 bits per heavy atom. The number of nitrogens with one attached hydrogen (secondary N) is 2. The van der Waals surface area contributed by atoms with Gasteiger partial charge in [-0.2, -0.15) is 10.4 Å². The summed E-state index contributed by atoms with van der Waals surface area (Å²) in [6.45, 7) is 0.811. The van der Waals surface area contributed by atoms with Gasteiger partial charge in [0.15, 0.2) is 16.6 Å². The van der Waals surface area contributed by atoms with Gasteiger partial charge in [0.05, 0.1) is 17.8 Å². The number of nitriles is 1. The topological polar surface area (TPSA) is 78.7 Å². The van der Waals surface area contributed by atoms with Gasteiger partial charge in [0.1, 0.15) is 0 Å². The number of thiocarbonyl (C=S) groups is 1. The van der Waals surface area contributed by atoms with Crippen molar-refractivity contribution in [3.63, 3.8) is 0 Å². The summed E-state index contributed by atoms with van der Waals surface area (Å²) in [6, 6.07) is 14.9. The lowest BCUT2D eigenvalue weighted by atomic mass is 10.2. The largest absolute Gasteiger partial charge is 0.454 e. The number of rotatable bonds is 4. The first-order valence-corrected chi connectivity index (χ1v) is 7.61. The molecule has 2 aromatic carbocycles. The number of benzene rings is 2. The zero-order chi connectivity index (χ0) is 16.8. The minimum absolute atomic E-state index is 0.260. The molecule has 3 rings (SSSR count). The van der Waals surface area contributed by atoms with Crippen LogP contribution < -0.4 is 20.2 Å². The maximum atomic E-state index is 8.75. The highest BCUT2D eigenvalue weighted by Crippen LogP contribution is 2.32. The van der Waals surface area contributed by atoms with Crippen molar-refractivity contribution in [2.24, 2.45) is 5.10 Å². The van der Waals surface area contributed by atoms with E-state index in [1.165, 1.54) is 0 Å². The van der Waals surface area contributed by atoms with Crippen LogP contribution in [-0.4, -0.2) is 18.1 Å². The monoisotopic (exact) mass is 338 g/mol. The van der Waals surface area contributed by atoms with E-state index < -0.39 is 0 Å². The quantitative estimate of drug-likeness (QED) is 0.506. The minimum atomic E-state index is 0.260. The van der Waals surface area contributed by atoms with Crippen LogP contribution in [0.3, 0.4) is 0 Å². The Hall–Kier alpha value is -3.11. The maximum absolute atomic E-state index is 8.75. The van der Waals surface area contributed by atoms with E-state index >= 15 is 0 Å².